The molecule has 0 N–H and O–H groups in total. The van der Waals surface area contributed by atoms with Gasteiger partial charge in [0.25, 0.3) is 11.8 Å². The maximum atomic E-state index is 12.6. The maximum Gasteiger partial charge on any atom is 0.260 e. The zero-order chi connectivity index (χ0) is 18.5. The third kappa shape index (κ3) is 4.23. The lowest BCUT2D eigenvalue weighted by Crippen LogP contribution is -2.51. The molecular formula is C21H24N2O3. The molecule has 0 radical (unpaired) electrons. The Labute approximate surface area is 154 Å². The zero-order valence-electron chi connectivity index (χ0n) is 15.3. The molecular weight excluding hydrogens is 328 g/mol. The number of amides is 2. The van der Waals surface area contributed by atoms with E-state index in [1.807, 2.05) is 67.3 Å². The second-order valence-electron chi connectivity index (χ2n) is 6.59. The third-order valence-electron chi connectivity index (χ3n) is 4.68. The van der Waals surface area contributed by atoms with Gasteiger partial charge in [0.1, 0.15) is 5.75 Å². The van der Waals surface area contributed by atoms with Crippen molar-refractivity contribution in [3.63, 3.8) is 0 Å². The quantitative estimate of drug-likeness (QED) is 0.850. The van der Waals surface area contributed by atoms with Gasteiger partial charge < -0.3 is 14.5 Å². The van der Waals surface area contributed by atoms with E-state index < -0.39 is 0 Å². The summed E-state index contributed by atoms with van der Waals surface area (Å²) in [4.78, 5) is 28.5. The largest absolute Gasteiger partial charge is 0.484 e. The molecule has 0 unspecified atom stereocenters. The molecule has 1 saturated heterocycles. The third-order valence-corrected chi connectivity index (χ3v) is 4.68. The van der Waals surface area contributed by atoms with Crippen LogP contribution in [0.4, 0.5) is 0 Å². The predicted octanol–water partition coefficient (Wildman–Crippen LogP) is 2.67. The van der Waals surface area contributed by atoms with Gasteiger partial charge in [-0.25, -0.2) is 0 Å². The number of hydrogen-bond acceptors (Lipinski definition) is 3. The van der Waals surface area contributed by atoms with Crippen LogP contribution in [0.25, 0.3) is 0 Å². The first kappa shape index (κ1) is 18.0. The van der Waals surface area contributed by atoms with Crippen molar-refractivity contribution < 1.29 is 14.3 Å². The first-order chi connectivity index (χ1) is 12.5. The Balaban J connectivity index is 1.50. The van der Waals surface area contributed by atoms with Gasteiger partial charge in [-0.3, -0.25) is 9.59 Å². The van der Waals surface area contributed by atoms with Crippen LogP contribution in [0.15, 0.2) is 48.5 Å². The number of ether oxygens (including phenoxy) is 1. The number of benzene rings is 2. The van der Waals surface area contributed by atoms with Gasteiger partial charge in [-0.2, -0.15) is 0 Å². The molecule has 1 aliphatic heterocycles. The van der Waals surface area contributed by atoms with Crippen molar-refractivity contribution in [1.29, 1.82) is 0 Å². The molecule has 5 nitrogen and oxygen atoms in total. The Morgan fingerprint density at radius 2 is 1.50 bits per heavy atom. The lowest BCUT2D eigenvalue weighted by Gasteiger charge is -2.35. The molecule has 26 heavy (non-hydrogen) atoms. The van der Waals surface area contributed by atoms with Gasteiger partial charge >= 0.3 is 0 Å². The molecule has 0 bridgehead atoms. The monoisotopic (exact) mass is 352 g/mol. The molecule has 0 spiro atoms. The molecule has 1 fully saturated rings. The molecule has 136 valence electrons. The van der Waals surface area contributed by atoms with Gasteiger partial charge in [0.2, 0.25) is 0 Å². The summed E-state index contributed by atoms with van der Waals surface area (Å²) in [6.45, 7) is 6.13. The highest BCUT2D eigenvalue weighted by Crippen LogP contribution is 2.14. The SMILES string of the molecule is Cc1ccc(OCC(=O)N2CCN(C(=O)c3ccccc3C)CC2)cc1. The zero-order valence-corrected chi connectivity index (χ0v) is 15.3. The molecule has 0 saturated carbocycles. The molecule has 0 atom stereocenters. The molecule has 1 aliphatic rings. The van der Waals surface area contributed by atoms with E-state index in [1.165, 1.54) is 0 Å². The van der Waals surface area contributed by atoms with Gasteiger partial charge in [-0.1, -0.05) is 35.9 Å². The maximum absolute atomic E-state index is 12.6. The van der Waals surface area contributed by atoms with Crippen LogP contribution >= 0.6 is 0 Å². The minimum Gasteiger partial charge on any atom is -0.484 e. The number of piperazine rings is 1. The second-order valence-corrected chi connectivity index (χ2v) is 6.59. The van der Waals surface area contributed by atoms with Gasteiger partial charge in [0.15, 0.2) is 6.61 Å². The number of rotatable bonds is 4. The number of aryl methyl sites for hydroxylation is 2. The van der Waals surface area contributed by atoms with Gasteiger partial charge in [0, 0.05) is 31.7 Å². The highest BCUT2D eigenvalue weighted by molar-refractivity contribution is 5.95. The Hall–Kier alpha value is -2.82. The van der Waals surface area contributed by atoms with Crippen molar-refractivity contribution in [3.05, 3.63) is 65.2 Å². The van der Waals surface area contributed by atoms with Gasteiger partial charge in [-0.05, 0) is 37.6 Å². The van der Waals surface area contributed by atoms with Crippen LogP contribution in [-0.4, -0.2) is 54.4 Å². The van der Waals surface area contributed by atoms with E-state index in [0.29, 0.717) is 31.9 Å². The van der Waals surface area contributed by atoms with E-state index in [1.54, 1.807) is 4.90 Å². The van der Waals surface area contributed by atoms with Crippen molar-refractivity contribution >= 4 is 11.8 Å². The van der Waals surface area contributed by atoms with Crippen LogP contribution in [0.5, 0.6) is 5.75 Å². The fourth-order valence-corrected chi connectivity index (χ4v) is 3.01. The van der Waals surface area contributed by atoms with E-state index in [2.05, 4.69) is 0 Å². The lowest BCUT2D eigenvalue weighted by molar-refractivity contribution is -0.134. The van der Waals surface area contributed by atoms with E-state index in [4.69, 9.17) is 4.74 Å². The van der Waals surface area contributed by atoms with Gasteiger partial charge in [0.05, 0.1) is 0 Å². The fraction of sp³-hybridized carbons (Fsp3) is 0.333. The predicted molar refractivity (Wildman–Crippen MR) is 100 cm³/mol. The molecule has 1 heterocycles. The first-order valence-corrected chi connectivity index (χ1v) is 8.87. The highest BCUT2D eigenvalue weighted by atomic mass is 16.5. The van der Waals surface area contributed by atoms with Crippen molar-refractivity contribution in [3.8, 4) is 5.75 Å². The average molecular weight is 352 g/mol. The highest BCUT2D eigenvalue weighted by Gasteiger charge is 2.25. The standard InChI is InChI=1S/C21H24N2O3/c1-16-7-9-18(10-8-16)26-15-20(24)22-11-13-23(14-12-22)21(25)19-6-4-3-5-17(19)2/h3-10H,11-15H2,1-2H3. The molecule has 2 aromatic carbocycles. The van der Waals surface area contributed by atoms with Crippen LogP contribution in [-0.2, 0) is 4.79 Å². The minimum atomic E-state index is -0.0476. The summed E-state index contributed by atoms with van der Waals surface area (Å²) in [6.07, 6.45) is 0. The topological polar surface area (TPSA) is 49.9 Å². The number of nitrogens with zero attached hydrogens (tertiary/aromatic N) is 2. The van der Waals surface area contributed by atoms with Crippen molar-refractivity contribution in [2.45, 2.75) is 13.8 Å². The van der Waals surface area contributed by atoms with Crippen LogP contribution in [0.3, 0.4) is 0 Å². The number of carbonyl (C=O) groups is 2. The molecule has 5 heteroatoms. The second kappa shape index (κ2) is 8.04. The molecule has 2 amide bonds. The van der Waals surface area contributed by atoms with Crippen LogP contribution < -0.4 is 4.74 Å². The number of hydrogen-bond donors (Lipinski definition) is 0. The summed E-state index contributed by atoms with van der Waals surface area (Å²) in [5, 5.41) is 0. The van der Waals surface area contributed by atoms with Crippen molar-refractivity contribution in [1.82, 2.24) is 9.80 Å². The lowest BCUT2D eigenvalue weighted by atomic mass is 10.1. The Morgan fingerprint density at radius 1 is 0.885 bits per heavy atom. The van der Waals surface area contributed by atoms with Crippen LogP contribution in [0.2, 0.25) is 0 Å². The summed E-state index contributed by atoms with van der Waals surface area (Å²) in [5.74, 6) is 0.678. The van der Waals surface area contributed by atoms with E-state index in [-0.39, 0.29) is 18.4 Å². The molecule has 2 aromatic rings. The molecule has 0 aromatic heterocycles. The smallest absolute Gasteiger partial charge is 0.260 e. The Bertz CT molecular complexity index is 778. The minimum absolute atomic E-state index is 0.0226. The Morgan fingerprint density at radius 3 is 2.15 bits per heavy atom. The fourth-order valence-electron chi connectivity index (χ4n) is 3.01. The van der Waals surface area contributed by atoms with Crippen molar-refractivity contribution in [2.24, 2.45) is 0 Å². The van der Waals surface area contributed by atoms with Crippen molar-refractivity contribution in [2.75, 3.05) is 32.8 Å². The van der Waals surface area contributed by atoms with Gasteiger partial charge in [-0.15, -0.1) is 0 Å². The summed E-state index contributed by atoms with van der Waals surface area (Å²) in [7, 11) is 0. The van der Waals surface area contributed by atoms with Crippen LogP contribution in [0, 0.1) is 13.8 Å². The van der Waals surface area contributed by atoms with E-state index in [0.717, 1.165) is 16.7 Å². The summed E-state index contributed by atoms with van der Waals surface area (Å²) < 4.78 is 5.56. The van der Waals surface area contributed by atoms with E-state index >= 15 is 0 Å². The first-order valence-electron chi connectivity index (χ1n) is 8.87. The Kier molecular flexibility index (Phi) is 5.56. The number of carbonyl (C=O) groups excluding carboxylic acids is 2. The normalized spacial score (nSPS) is 14.2. The average Bonchev–Trinajstić information content (AvgIpc) is 2.67. The van der Waals surface area contributed by atoms with Crippen LogP contribution in [0.1, 0.15) is 21.5 Å². The van der Waals surface area contributed by atoms with E-state index in [9.17, 15) is 9.59 Å². The summed E-state index contributed by atoms with van der Waals surface area (Å²) >= 11 is 0. The molecule has 3 rings (SSSR count). The summed E-state index contributed by atoms with van der Waals surface area (Å²) in [5.41, 5.74) is 2.86. The summed E-state index contributed by atoms with van der Waals surface area (Å²) in [6, 6.07) is 15.2. The molecule has 0 aliphatic carbocycles.